The highest BCUT2D eigenvalue weighted by molar-refractivity contribution is 7.11. The zero-order valence-corrected chi connectivity index (χ0v) is 18.5. The molecule has 1 amide bonds. The largest absolute Gasteiger partial charge is 0.461 e. The van der Waals surface area contributed by atoms with E-state index < -0.39 is 34.5 Å². The smallest absolute Gasteiger partial charge is 0.367 e. The molecule has 0 aliphatic carbocycles. The maximum Gasteiger partial charge on any atom is 0.367 e. The molecule has 0 spiro atoms. The molecule has 2 aromatic rings. The lowest BCUT2D eigenvalue weighted by Gasteiger charge is -2.20. The fraction of sp³-hybridized carbons (Fsp3) is 0.368. The fourth-order valence-electron chi connectivity index (χ4n) is 2.41. The molecule has 166 valence electrons. The van der Waals surface area contributed by atoms with Crippen LogP contribution in [0.5, 0.6) is 0 Å². The van der Waals surface area contributed by atoms with E-state index in [0.717, 1.165) is 17.4 Å². The highest BCUT2D eigenvalue weighted by atomic mass is 35.5. The molecule has 0 unspecified atom stereocenters. The predicted molar refractivity (Wildman–Crippen MR) is 112 cm³/mol. The van der Waals surface area contributed by atoms with Crippen LogP contribution in [0.1, 0.15) is 46.6 Å². The number of thiazole rings is 1. The van der Waals surface area contributed by atoms with E-state index in [9.17, 15) is 24.5 Å². The van der Waals surface area contributed by atoms with Crippen molar-refractivity contribution < 1.29 is 28.8 Å². The average Bonchev–Trinajstić information content (AvgIpc) is 3.19. The van der Waals surface area contributed by atoms with Gasteiger partial charge in [0.2, 0.25) is 5.01 Å². The number of hydrogen-bond acceptors (Lipinski definition) is 9. The molecule has 12 heteroatoms. The summed E-state index contributed by atoms with van der Waals surface area (Å²) < 4.78 is 10.1. The van der Waals surface area contributed by atoms with Crippen LogP contribution < -0.4 is 5.32 Å². The minimum absolute atomic E-state index is 0.0203. The Morgan fingerprint density at radius 1 is 1.29 bits per heavy atom. The van der Waals surface area contributed by atoms with Gasteiger partial charge in [-0.1, -0.05) is 25.4 Å². The lowest BCUT2D eigenvalue weighted by Crippen LogP contribution is -2.45. The van der Waals surface area contributed by atoms with Gasteiger partial charge in [0.25, 0.3) is 11.6 Å². The first kappa shape index (κ1) is 24.2. The zero-order valence-electron chi connectivity index (χ0n) is 16.9. The molecule has 0 bridgehead atoms. The highest BCUT2D eigenvalue weighted by Gasteiger charge is 2.27. The van der Waals surface area contributed by atoms with E-state index in [-0.39, 0.29) is 34.7 Å². The van der Waals surface area contributed by atoms with Crippen molar-refractivity contribution in [3.63, 3.8) is 0 Å². The molecule has 2 rings (SSSR count). The van der Waals surface area contributed by atoms with Crippen molar-refractivity contribution in [2.24, 2.45) is 5.92 Å². The molecule has 0 saturated carbocycles. The number of benzene rings is 1. The molecule has 0 aliphatic heterocycles. The van der Waals surface area contributed by atoms with E-state index >= 15 is 0 Å². The highest BCUT2D eigenvalue weighted by Crippen LogP contribution is 2.25. The van der Waals surface area contributed by atoms with Gasteiger partial charge < -0.3 is 14.8 Å². The Bertz CT molecular complexity index is 993. The minimum Gasteiger partial charge on any atom is -0.461 e. The van der Waals surface area contributed by atoms with Crippen molar-refractivity contribution in [1.82, 2.24) is 10.3 Å². The molecule has 1 heterocycles. The summed E-state index contributed by atoms with van der Waals surface area (Å²) in [7, 11) is 0. The number of nitro benzene ring substituents is 1. The molecule has 0 saturated heterocycles. The van der Waals surface area contributed by atoms with Crippen LogP contribution >= 0.6 is 22.9 Å². The van der Waals surface area contributed by atoms with Crippen LogP contribution in [-0.4, -0.2) is 40.4 Å². The standard InChI is InChI=1S/C19H20ClN3O7S/c1-4-29-19(26)17-21-12(9-31-17)8-30-18(25)15(10(2)3)22-16(24)11-5-6-13(20)14(7-11)23(27)28/h5-7,9-10,15H,4,8H2,1-3H3,(H,22,24)/t15-/m0/s1. The molecular weight excluding hydrogens is 450 g/mol. The third-order valence-corrected chi connectivity index (χ3v) is 5.17. The second kappa shape index (κ2) is 10.8. The molecule has 1 aromatic heterocycles. The summed E-state index contributed by atoms with van der Waals surface area (Å²) >= 11 is 6.82. The van der Waals surface area contributed by atoms with Gasteiger partial charge >= 0.3 is 11.9 Å². The van der Waals surface area contributed by atoms with E-state index in [4.69, 9.17) is 21.1 Å². The second-order valence-electron chi connectivity index (χ2n) is 6.59. The van der Waals surface area contributed by atoms with Crippen molar-refractivity contribution in [3.8, 4) is 0 Å². The molecule has 31 heavy (non-hydrogen) atoms. The maximum atomic E-state index is 12.5. The van der Waals surface area contributed by atoms with E-state index in [2.05, 4.69) is 10.3 Å². The normalized spacial score (nSPS) is 11.6. The SMILES string of the molecule is CCOC(=O)c1nc(COC(=O)[C@@H](NC(=O)c2ccc(Cl)c([N+](=O)[O-])c2)C(C)C)cs1. The molecule has 10 nitrogen and oxygen atoms in total. The summed E-state index contributed by atoms with van der Waals surface area (Å²) in [5, 5.41) is 15.1. The first-order valence-corrected chi connectivity index (χ1v) is 10.4. The lowest BCUT2D eigenvalue weighted by molar-refractivity contribution is -0.384. The number of carbonyl (C=O) groups excluding carboxylic acids is 3. The van der Waals surface area contributed by atoms with Crippen LogP contribution in [0.3, 0.4) is 0 Å². The minimum atomic E-state index is -1.01. The number of nitro groups is 1. The summed E-state index contributed by atoms with van der Waals surface area (Å²) in [5.41, 5.74) is -0.0735. The van der Waals surface area contributed by atoms with Gasteiger partial charge in [-0.15, -0.1) is 11.3 Å². The Morgan fingerprint density at radius 3 is 2.61 bits per heavy atom. The molecule has 1 N–H and O–H groups in total. The number of ether oxygens (including phenoxy) is 2. The second-order valence-corrected chi connectivity index (χ2v) is 7.86. The monoisotopic (exact) mass is 469 g/mol. The fourth-order valence-corrected chi connectivity index (χ4v) is 3.29. The zero-order chi connectivity index (χ0) is 23.1. The van der Waals surface area contributed by atoms with E-state index in [1.54, 1.807) is 26.2 Å². The molecule has 0 radical (unpaired) electrons. The topological polar surface area (TPSA) is 138 Å². The van der Waals surface area contributed by atoms with Gasteiger partial charge in [0, 0.05) is 17.0 Å². The summed E-state index contributed by atoms with van der Waals surface area (Å²) in [6.07, 6.45) is 0. The number of aromatic nitrogens is 1. The lowest BCUT2D eigenvalue weighted by atomic mass is 10.0. The number of nitrogens with zero attached hydrogens (tertiary/aromatic N) is 2. The number of carbonyl (C=O) groups is 3. The number of rotatable bonds is 9. The van der Waals surface area contributed by atoms with E-state index in [1.165, 1.54) is 12.1 Å². The molecule has 0 fully saturated rings. The van der Waals surface area contributed by atoms with E-state index in [1.807, 2.05) is 0 Å². The van der Waals surface area contributed by atoms with Gasteiger partial charge in [-0.2, -0.15) is 0 Å². The van der Waals surface area contributed by atoms with Gasteiger partial charge in [0.1, 0.15) is 17.7 Å². The van der Waals surface area contributed by atoms with Gasteiger partial charge in [0.15, 0.2) is 0 Å². The number of esters is 2. The molecule has 1 atom stereocenters. The van der Waals surface area contributed by atoms with Crippen LogP contribution in [0.4, 0.5) is 5.69 Å². The summed E-state index contributed by atoms with van der Waals surface area (Å²) in [5.74, 6) is -2.29. The van der Waals surface area contributed by atoms with Crippen LogP contribution in [0.25, 0.3) is 0 Å². The third kappa shape index (κ3) is 6.46. The Hall–Kier alpha value is -3.05. The quantitative estimate of drug-likeness (QED) is 0.335. The van der Waals surface area contributed by atoms with Gasteiger partial charge in [-0.3, -0.25) is 14.9 Å². The van der Waals surface area contributed by atoms with Crippen LogP contribution in [-0.2, 0) is 20.9 Å². The summed E-state index contributed by atoms with van der Waals surface area (Å²) in [6, 6.07) is 2.58. The van der Waals surface area contributed by atoms with Gasteiger partial charge in [0.05, 0.1) is 17.2 Å². The van der Waals surface area contributed by atoms with Crippen molar-refractivity contribution in [2.75, 3.05) is 6.61 Å². The van der Waals surface area contributed by atoms with Crippen molar-refractivity contribution in [3.05, 3.63) is 55.0 Å². The maximum absolute atomic E-state index is 12.5. The number of nitrogens with one attached hydrogen (secondary N) is 1. The first-order valence-electron chi connectivity index (χ1n) is 9.17. The Kier molecular flexibility index (Phi) is 8.46. The van der Waals surface area contributed by atoms with Gasteiger partial charge in [-0.25, -0.2) is 14.6 Å². The molecular formula is C19H20ClN3O7S. The average molecular weight is 470 g/mol. The van der Waals surface area contributed by atoms with Crippen LogP contribution in [0.15, 0.2) is 23.6 Å². The summed E-state index contributed by atoms with van der Waals surface area (Å²) in [4.78, 5) is 51.1. The Morgan fingerprint density at radius 2 is 2.00 bits per heavy atom. The molecule has 1 aromatic carbocycles. The van der Waals surface area contributed by atoms with Crippen LogP contribution in [0, 0.1) is 16.0 Å². The van der Waals surface area contributed by atoms with Gasteiger partial charge in [-0.05, 0) is 25.0 Å². The number of hydrogen-bond donors (Lipinski definition) is 1. The summed E-state index contributed by atoms with van der Waals surface area (Å²) in [6.45, 7) is 5.11. The van der Waals surface area contributed by atoms with Crippen molar-refractivity contribution >= 4 is 46.5 Å². The Labute approximate surface area is 186 Å². The molecule has 0 aliphatic rings. The Balaban J connectivity index is 2.04. The van der Waals surface area contributed by atoms with E-state index in [0.29, 0.717) is 5.69 Å². The third-order valence-electron chi connectivity index (χ3n) is 3.98. The number of amides is 1. The van der Waals surface area contributed by atoms with Crippen molar-refractivity contribution in [2.45, 2.75) is 33.4 Å². The predicted octanol–water partition coefficient (Wildman–Crippen LogP) is 3.38. The van der Waals surface area contributed by atoms with Crippen LogP contribution in [0.2, 0.25) is 5.02 Å². The first-order chi connectivity index (χ1) is 14.6. The number of halogens is 1. The van der Waals surface area contributed by atoms with Crippen molar-refractivity contribution in [1.29, 1.82) is 0 Å².